The molecule has 20 heavy (non-hydrogen) atoms. The van der Waals surface area contributed by atoms with Crippen molar-refractivity contribution in [2.24, 2.45) is 23.7 Å². The lowest BCUT2D eigenvalue weighted by molar-refractivity contribution is -0.136. The fraction of sp³-hybridized carbons (Fsp3) is 0.800. The Bertz CT molecular complexity index is 497. The largest absolute Gasteiger partial charge is 0.481 e. The monoisotopic (exact) mass is 275 g/mol. The Labute approximate surface area is 118 Å². The molecule has 4 fully saturated rings. The second kappa shape index (κ2) is 4.57. The number of rotatable bonds is 4. The van der Waals surface area contributed by atoms with Gasteiger partial charge in [-0.1, -0.05) is 0 Å². The number of nitrogens with zero attached hydrogens (tertiary/aromatic N) is 3. The second-order valence-electron chi connectivity index (χ2n) is 6.97. The van der Waals surface area contributed by atoms with Crippen molar-refractivity contribution < 1.29 is 9.90 Å². The first kappa shape index (κ1) is 12.4. The van der Waals surface area contributed by atoms with E-state index < -0.39 is 5.97 Å². The van der Waals surface area contributed by atoms with Crippen LogP contribution in [0.2, 0.25) is 0 Å². The summed E-state index contributed by atoms with van der Waals surface area (Å²) in [5.74, 6) is 2.65. The van der Waals surface area contributed by atoms with Gasteiger partial charge in [0.15, 0.2) is 0 Å². The molecule has 4 bridgehead atoms. The van der Waals surface area contributed by atoms with Gasteiger partial charge in [0.1, 0.15) is 0 Å². The molecule has 0 aliphatic heterocycles. The number of carboxylic acids is 1. The van der Waals surface area contributed by atoms with Gasteiger partial charge in [-0.05, 0) is 55.8 Å². The zero-order valence-corrected chi connectivity index (χ0v) is 11.6. The average molecular weight is 275 g/mol. The Balaban J connectivity index is 1.51. The molecule has 1 aromatic heterocycles. The fourth-order valence-corrected chi connectivity index (χ4v) is 5.08. The third-order valence-corrected chi connectivity index (χ3v) is 5.59. The van der Waals surface area contributed by atoms with Crippen molar-refractivity contribution in [2.75, 3.05) is 0 Å². The quantitative estimate of drug-likeness (QED) is 0.915. The SMILES string of the molecule is O=C(O)CCc1cnn(C2C3CC4CC(C3)CC2C4)n1. The van der Waals surface area contributed by atoms with Gasteiger partial charge in [-0.25, -0.2) is 0 Å². The number of aromatic nitrogens is 3. The van der Waals surface area contributed by atoms with Gasteiger partial charge in [-0.2, -0.15) is 15.0 Å². The van der Waals surface area contributed by atoms with E-state index in [1.165, 1.54) is 32.1 Å². The van der Waals surface area contributed by atoms with Crippen LogP contribution < -0.4 is 0 Å². The van der Waals surface area contributed by atoms with Gasteiger partial charge in [0.2, 0.25) is 0 Å². The molecule has 1 N–H and O–H groups in total. The summed E-state index contributed by atoms with van der Waals surface area (Å²) < 4.78 is 0. The van der Waals surface area contributed by atoms with Crippen molar-refractivity contribution in [3.63, 3.8) is 0 Å². The molecule has 108 valence electrons. The lowest BCUT2D eigenvalue weighted by atomic mass is 9.54. The summed E-state index contributed by atoms with van der Waals surface area (Å²) in [7, 11) is 0. The number of carboxylic acid groups (broad SMARTS) is 1. The highest BCUT2D eigenvalue weighted by Gasteiger charge is 2.49. The third-order valence-electron chi connectivity index (χ3n) is 5.59. The molecule has 4 aliphatic carbocycles. The second-order valence-corrected chi connectivity index (χ2v) is 6.97. The lowest BCUT2D eigenvalue weighted by Gasteiger charge is -2.53. The zero-order chi connectivity index (χ0) is 13.7. The Hall–Kier alpha value is -1.39. The topological polar surface area (TPSA) is 68.0 Å². The van der Waals surface area contributed by atoms with Crippen molar-refractivity contribution in [3.8, 4) is 0 Å². The number of hydrogen-bond donors (Lipinski definition) is 1. The van der Waals surface area contributed by atoms with Crippen LogP contribution in [0, 0.1) is 23.7 Å². The molecule has 0 radical (unpaired) electrons. The maximum absolute atomic E-state index is 10.6. The highest BCUT2D eigenvalue weighted by Crippen LogP contribution is 2.57. The lowest BCUT2D eigenvalue weighted by Crippen LogP contribution is -2.46. The summed E-state index contributed by atoms with van der Waals surface area (Å²) in [5.41, 5.74) is 0.821. The van der Waals surface area contributed by atoms with E-state index in [9.17, 15) is 4.79 Å². The van der Waals surface area contributed by atoms with Crippen LogP contribution in [0.3, 0.4) is 0 Å². The predicted octanol–water partition coefficient (Wildman–Crippen LogP) is 2.29. The molecule has 4 aliphatic rings. The van der Waals surface area contributed by atoms with Gasteiger partial charge in [0.05, 0.1) is 24.4 Å². The number of hydrogen-bond acceptors (Lipinski definition) is 3. The van der Waals surface area contributed by atoms with E-state index in [2.05, 4.69) is 10.2 Å². The van der Waals surface area contributed by atoms with Crippen LogP contribution in [0.4, 0.5) is 0 Å². The Morgan fingerprint density at radius 3 is 2.45 bits per heavy atom. The number of aliphatic carboxylic acids is 1. The highest BCUT2D eigenvalue weighted by molar-refractivity contribution is 5.66. The summed E-state index contributed by atoms with van der Waals surface area (Å²) in [4.78, 5) is 12.5. The first-order chi connectivity index (χ1) is 9.69. The van der Waals surface area contributed by atoms with Crippen LogP contribution >= 0.6 is 0 Å². The minimum Gasteiger partial charge on any atom is -0.481 e. The first-order valence-electron chi connectivity index (χ1n) is 7.81. The molecule has 1 heterocycles. The average Bonchev–Trinajstić information content (AvgIpc) is 2.83. The molecule has 0 amide bonds. The Morgan fingerprint density at radius 2 is 1.85 bits per heavy atom. The fourth-order valence-electron chi connectivity index (χ4n) is 5.08. The predicted molar refractivity (Wildman–Crippen MR) is 72.1 cm³/mol. The summed E-state index contributed by atoms with van der Waals surface area (Å²) >= 11 is 0. The Kier molecular flexibility index (Phi) is 2.82. The normalized spacial score (nSPS) is 38.3. The summed E-state index contributed by atoms with van der Waals surface area (Å²) in [6.45, 7) is 0. The molecule has 4 saturated carbocycles. The van der Waals surface area contributed by atoms with Crippen molar-refractivity contribution >= 4 is 5.97 Å². The molecule has 0 unspecified atom stereocenters. The molecule has 0 saturated heterocycles. The van der Waals surface area contributed by atoms with Crippen molar-refractivity contribution in [3.05, 3.63) is 11.9 Å². The van der Waals surface area contributed by atoms with Crippen molar-refractivity contribution in [2.45, 2.75) is 51.0 Å². The van der Waals surface area contributed by atoms with E-state index in [0.29, 0.717) is 12.5 Å². The van der Waals surface area contributed by atoms with E-state index in [1.807, 2.05) is 4.80 Å². The van der Waals surface area contributed by atoms with Crippen LogP contribution in [0.5, 0.6) is 0 Å². The van der Waals surface area contributed by atoms with Gasteiger partial charge in [0.25, 0.3) is 0 Å². The van der Waals surface area contributed by atoms with E-state index >= 15 is 0 Å². The van der Waals surface area contributed by atoms with Gasteiger partial charge in [0, 0.05) is 6.42 Å². The van der Waals surface area contributed by atoms with Crippen LogP contribution in [0.15, 0.2) is 6.20 Å². The molecule has 0 atom stereocenters. The summed E-state index contributed by atoms with van der Waals surface area (Å²) in [5, 5.41) is 17.8. The highest BCUT2D eigenvalue weighted by atomic mass is 16.4. The van der Waals surface area contributed by atoms with E-state index in [1.54, 1.807) is 6.20 Å². The maximum atomic E-state index is 10.6. The summed E-state index contributed by atoms with van der Waals surface area (Å²) in [6.07, 6.45) is 9.24. The van der Waals surface area contributed by atoms with Crippen LogP contribution in [0.1, 0.15) is 50.3 Å². The molecular formula is C15H21N3O2. The zero-order valence-electron chi connectivity index (χ0n) is 11.6. The van der Waals surface area contributed by atoms with Crippen LogP contribution in [-0.4, -0.2) is 26.1 Å². The maximum Gasteiger partial charge on any atom is 0.303 e. The van der Waals surface area contributed by atoms with E-state index in [-0.39, 0.29) is 6.42 Å². The molecule has 1 aromatic rings. The molecule has 5 nitrogen and oxygen atoms in total. The van der Waals surface area contributed by atoms with Gasteiger partial charge >= 0.3 is 5.97 Å². The van der Waals surface area contributed by atoms with Gasteiger partial charge in [-0.3, -0.25) is 4.79 Å². The minimum atomic E-state index is -0.769. The molecule has 0 aromatic carbocycles. The Morgan fingerprint density at radius 1 is 1.20 bits per heavy atom. The summed E-state index contributed by atoms with van der Waals surface area (Å²) in [6, 6.07) is 0.473. The molecule has 0 spiro atoms. The third kappa shape index (κ3) is 2.03. The van der Waals surface area contributed by atoms with Crippen LogP contribution in [0.25, 0.3) is 0 Å². The van der Waals surface area contributed by atoms with Crippen molar-refractivity contribution in [1.29, 1.82) is 0 Å². The molecule has 5 heteroatoms. The van der Waals surface area contributed by atoms with E-state index in [0.717, 1.165) is 29.4 Å². The molecular weight excluding hydrogens is 254 g/mol. The van der Waals surface area contributed by atoms with Crippen LogP contribution in [-0.2, 0) is 11.2 Å². The van der Waals surface area contributed by atoms with Crippen molar-refractivity contribution in [1.82, 2.24) is 15.0 Å². The first-order valence-corrected chi connectivity index (χ1v) is 7.81. The minimum absolute atomic E-state index is 0.139. The smallest absolute Gasteiger partial charge is 0.303 e. The number of aryl methyl sites for hydroxylation is 1. The number of carbonyl (C=O) groups is 1. The van der Waals surface area contributed by atoms with Gasteiger partial charge in [-0.15, -0.1) is 0 Å². The van der Waals surface area contributed by atoms with Gasteiger partial charge < -0.3 is 5.11 Å². The molecule has 5 rings (SSSR count). The standard InChI is InChI=1S/C15H21N3O2/c19-14(20)2-1-13-8-16-18(17-13)15-11-4-9-3-10(6-11)7-12(15)5-9/h8-12,15H,1-7H2,(H,19,20). The van der Waals surface area contributed by atoms with E-state index in [4.69, 9.17) is 5.11 Å².